The van der Waals surface area contributed by atoms with Crippen molar-refractivity contribution in [3.63, 3.8) is 0 Å². The average molecular weight is 294 g/mol. The molecular formula is C16H26N2O3. The van der Waals surface area contributed by atoms with Gasteiger partial charge in [0.15, 0.2) is 5.78 Å². The first-order chi connectivity index (χ1) is 9.65. The van der Waals surface area contributed by atoms with E-state index in [1.165, 1.54) is 0 Å². The third-order valence-electron chi connectivity index (χ3n) is 3.93. The minimum atomic E-state index is -0.476. The number of ketones is 1. The maximum absolute atomic E-state index is 12.1. The zero-order valence-corrected chi connectivity index (χ0v) is 13.7. The summed E-state index contributed by atoms with van der Waals surface area (Å²) in [6.45, 7) is 6.94. The van der Waals surface area contributed by atoms with Crippen molar-refractivity contribution in [1.82, 2.24) is 9.80 Å². The van der Waals surface area contributed by atoms with Gasteiger partial charge in [-0.15, -0.1) is 0 Å². The fraction of sp³-hybridized carbons (Fsp3) is 0.750. The number of fused-ring (bicyclic) bond motifs is 1. The highest BCUT2D eigenvalue weighted by Gasteiger charge is 2.41. The summed E-state index contributed by atoms with van der Waals surface area (Å²) < 4.78 is 5.43. The molecule has 1 heterocycles. The number of amides is 1. The second-order valence-electron chi connectivity index (χ2n) is 7.35. The molecule has 1 saturated carbocycles. The summed E-state index contributed by atoms with van der Waals surface area (Å²) in [4.78, 5) is 28.0. The highest BCUT2D eigenvalue weighted by Crippen LogP contribution is 2.37. The van der Waals surface area contributed by atoms with Crippen LogP contribution in [0.3, 0.4) is 0 Å². The van der Waals surface area contributed by atoms with Crippen LogP contribution < -0.4 is 0 Å². The van der Waals surface area contributed by atoms with Gasteiger partial charge in [-0.2, -0.15) is 0 Å². The van der Waals surface area contributed by atoms with E-state index in [1.54, 1.807) is 4.90 Å². The molecule has 0 spiro atoms. The molecule has 2 rings (SSSR count). The van der Waals surface area contributed by atoms with Crippen molar-refractivity contribution in [2.75, 3.05) is 27.2 Å². The number of nitrogens with zero attached hydrogens (tertiary/aromatic N) is 2. The molecule has 2 atom stereocenters. The van der Waals surface area contributed by atoms with Crippen LogP contribution in [0.25, 0.3) is 0 Å². The van der Waals surface area contributed by atoms with E-state index in [-0.39, 0.29) is 17.8 Å². The maximum Gasteiger partial charge on any atom is 0.410 e. The summed E-state index contributed by atoms with van der Waals surface area (Å²) in [6.07, 6.45) is 2.96. The van der Waals surface area contributed by atoms with Gasteiger partial charge in [0.05, 0.1) is 0 Å². The van der Waals surface area contributed by atoms with Crippen LogP contribution in [0.15, 0.2) is 11.8 Å². The Kier molecular flexibility index (Phi) is 4.30. The Morgan fingerprint density at radius 1 is 1.24 bits per heavy atom. The number of hydrogen-bond donors (Lipinski definition) is 0. The quantitative estimate of drug-likeness (QED) is 0.696. The number of hydrogen-bond acceptors (Lipinski definition) is 4. The van der Waals surface area contributed by atoms with E-state index in [2.05, 4.69) is 0 Å². The van der Waals surface area contributed by atoms with E-state index in [9.17, 15) is 9.59 Å². The van der Waals surface area contributed by atoms with E-state index in [4.69, 9.17) is 4.74 Å². The van der Waals surface area contributed by atoms with Gasteiger partial charge in [-0.3, -0.25) is 4.79 Å². The fourth-order valence-corrected chi connectivity index (χ4v) is 3.08. The minimum absolute atomic E-state index is 0.219. The molecule has 1 amide bonds. The van der Waals surface area contributed by atoms with Gasteiger partial charge in [-0.1, -0.05) is 0 Å². The monoisotopic (exact) mass is 294 g/mol. The number of rotatable bonds is 1. The van der Waals surface area contributed by atoms with Crippen LogP contribution in [-0.2, 0) is 9.53 Å². The van der Waals surface area contributed by atoms with Crippen LogP contribution in [0, 0.1) is 11.8 Å². The molecule has 0 N–H and O–H groups in total. The van der Waals surface area contributed by atoms with Crippen LogP contribution >= 0.6 is 0 Å². The number of likely N-dealkylation sites (tertiary alicyclic amines) is 1. The van der Waals surface area contributed by atoms with Crippen molar-refractivity contribution >= 4 is 11.9 Å². The molecule has 5 heteroatoms. The highest BCUT2D eigenvalue weighted by molar-refractivity contribution is 5.96. The van der Waals surface area contributed by atoms with E-state index in [0.717, 1.165) is 12.0 Å². The van der Waals surface area contributed by atoms with Crippen molar-refractivity contribution in [2.24, 2.45) is 11.8 Å². The number of Topliss-reactive ketones (excluding diaryl/α,β-unsaturated/α-hetero) is 1. The topological polar surface area (TPSA) is 49.9 Å². The minimum Gasteiger partial charge on any atom is -0.444 e. The summed E-state index contributed by atoms with van der Waals surface area (Å²) in [5.41, 5.74) is 0.406. The Hall–Kier alpha value is -1.52. The smallest absolute Gasteiger partial charge is 0.410 e. The van der Waals surface area contributed by atoms with Gasteiger partial charge in [0.25, 0.3) is 0 Å². The molecule has 0 bridgehead atoms. The molecule has 1 saturated heterocycles. The molecule has 5 nitrogen and oxygen atoms in total. The van der Waals surface area contributed by atoms with Crippen LogP contribution in [0.1, 0.15) is 33.6 Å². The van der Waals surface area contributed by atoms with Gasteiger partial charge < -0.3 is 14.5 Å². The Balaban J connectivity index is 2.01. The molecule has 0 radical (unpaired) electrons. The lowest BCUT2D eigenvalue weighted by molar-refractivity contribution is -0.118. The van der Waals surface area contributed by atoms with E-state index in [1.807, 2.05) is 46.0 Å². The molecule has 0 aromatic carbocycles. The van der Waals surface area contributed by atoms with Gasteiger partial charge in [-0.05, 0) is 39.0 Å². The summed E-state index contributed by atoms with van der Waals surface area (Å²) in [5.74, 6) is 0.877. The summed E-state index contributed by atoms with van der Waals surface area (Å²) in [6, 6.07) is 0. The van der Waals surface area contributed by atoms with Crippen LogP contribution in [-0.4, -0.2) is 54.5 Å². The predicted molar refractivity (Wildman–Crippen MR) is 80.8 cm³/mol. The van der Waals surface area contributed by atoms with E-state index >= 15 is 0 Å². The number of carbonyl (C=O) groups is 2. The number of ether oxygens (including phenoxy) is 1. The molecule has 0 aromatic heterocycles. The van der Waals surface area contributed by atoms with Gasteiger partial charge in [0.1, 0.15) is 5.60 Å². The largest absolute Gasteiger partial charge is 0.444 e. The van der Waals surface area contributed by atoms with Gasteiger partial charge in [0.2, 0.25) is 0 Å². The third-order valence-corrected chi connectivity index (χ3v) is 3.93. The number of carbonyl (C=O) groups excluding carboxylic acids is 2. The SMILES string of the molecule is CN(C)/C=C1/CC2CN(C(=O)OC(C)(C)C)CC2CC1=O. The lowest BCUT2D eigenvalue weighted by Gasteiger charge is -2.25. The van der Waals surface area contributed by atoms with Crippen molar-refractivity contribution in [2.45, 2.75) is 39.2 Å². The molecule has 2 aliphatic rings. The first kappa shape index (κ1) is 15.9. The van der Waals surface area contributed by atoms with Crippen molar-refractivity contribution in [3.05, 3.63) is 11.8 Å². The van der Waals surface area contributed by atoms with Crippen molar-refractivity contribution < 1.29 is 14.3 Å². The molecule has 21 heavy (non-hydrogen) atoms. The van der Waals surface area contributed by atoms with Crippen LogP contribution in [0.4, 0.5) is 4.79 Å². The number of allylic oxidation sites excluding steroid dienone is 1. The van der Waals surface area contributed by atoms with Crippen LogP contribution in [0.5, 0.6) is 0 Å². The predicted octanol–water partition coefficient (Wildman–Crippen LogP) is 2.28. The molecule has 0 aromatic rings. The Labute approximate surface area is 126 Å². The average Bonchev–Trinajstić information content (AvgIpc) is 2.69. The molecule has 1 aliphatic carbocycles. The molecule has 2 unspecified atom stereocenters. The zero-order valence-electron chi connectivity index (χ0n) is 13.7. The molecule has 1 aliphatic heterocycles. The van der Waals surface area contributed by atoms with Crippen molar-refractivity contribution in [3.8, 4) is 0 Å². The fourth-order valence-electron chi connectivity index (χ4n) is 3.08. The van der Waals surface area contributed by atoms with Crippen LogP contribution in [0.2, 0.25) is 0 Å². The zero-order chi connectivity index (χ0) is 15.8. The summed E-state index contributed by atoms with van der Waals surface area (Å²) >= 11 is 0. The molecular weight excluding hydrogens is 268 g/mol. The second-order valence-corrected chi connectivity index (χ2v) is 7.35. The second kappa shape index (κ2) is 5.70. The highest BCUT2D eigenvalue weighted by atomic mass is 16.6. The van der Waals surface area contributed by atoms with Gasteiger partial charge in [-0.25, -0.2) is 4.79 Å². The van der Waals surface area contributed by atoms with Gasteiger partial charge in [0, 0.05) is 45.4 Å². The maximum atomic E-state index is 12.1. The molecule has 2 fully saturated rings. The normalized spacial score (nSPS) is 27.8. The Morgan fingerprint density at radius 2 is 1.81 bits per heavy atom. The lowest BCUT2D eigenvalue weighted by Crippen LogP contribution is -2.35. The summed E-state index contributed by atoms with van der Waals surface area (Å²) in [7, 11) is 3.85. The first-order valence-corrected chi connectivity index (χ1v) is 7.54. The third kappa shape index (κ3) is 3.99. The van der Waals surface area contributed by atoms with Crippen molar-refractivity contribution in [1.29, 1.82) is 0 Å². The Morgan fingerprint density at radius 3 is 2.33 bits per heavy atom. The first-order valence-electron chi connectivity index (χ1n) is 7.54. The molecule has 118 valence electrons. The standard InChI is InChI=1S/C16H26N2O3/c1-16(2,3)21-15(20)18-9-11-6-13(8-17(4)5)14(19)7-12(11)10-18/h8,11-12H,6-7,9-10H2,1-5H3/b13-8-. The van der Waals surface area contributed by atoms with E-state index < -0.39 is 5.60 Å². The van der Waals surface area contributed by atoms with Gasteiger partial charge >= 0.3 is 6.09 Å². The summed E-state index contributed by atoms with van der Waals surface area (Å²) in [5, 5.41) is 0. The van der Waals surface area contributed by atoms with E-state index in [0.29, 0.717) is 25.4 Å². The Bertz CT molecular complexity index is 463. The lowest BCUT2D eigenvalue weighted by atomic mass is 9.78.